The van der Waals surface area contributed by atoms with E-state index in [4.69, 9.17) is 5.73 Å². The minimum atomic E-state index is 0.0211. The summed E-state index contributed by atoms with van der Waals surface area (Å²) in [5.41, 5.74) is 6.91. The van der Waals surface area contributed by atoms with Crippen LogP contribution in [0, 0.1) is 0 Å². The lowest BCUT2D eigenvalue weighted by atomic mass is 9.88. The van der Waals surface area contributed by atoms with Gasteiger partial charge in [-0.2, -0.15) is 0 Å². The molecule has 2 aromatic rings. The average Bonchev–Trinajstić information content (AvgIpc) is 2.16. The molecule has 2 heterocycles. The van der Waals surface area contributed by atoms with E-state index in [1.54, 1.807) is 12.4 Å². The van der Waals surface area contributed by atoms with Crippen LogP contribution in [0.25, 0.3) is 10.8 Å². The van der Waals surface area contributed by atoms with Gasteiger partial charge in [-0.25, -0.2) is 4.98 Å². The molecule has 0 saturated carbocycles. The lowest BCUT2D eigenvalue weighted by molar-refractivity contribution is 0.575. The van der Waals surface area contributed by atoms with Gasteiger partial charge in [0.25, 0.3) is 0 Å². The Labute approximate surface area is 89.4 Å². The number of hydrogen-bond donors (Lipinski definition) is 1. The molecule has 0 aliphatic heterocycles. The van der Waals surface area contributed by atoms with Crippen molar-refractivity contribution in [2.24, 2.45) is 0 Å². The number of aromatic nitrogens is 2. The van der Waals surface area contributed by atoms with E-state index < -0.39 is 0 Å². The van der Waals surface area contributed by atoms with Crippen molar-refractivity contribution in [2.45, 2.75) is 26.2 Å². The first-order chi connectivity index (χ1) is 7.00. The normalized spacial score (nSPS) is 11.9. The molecule has 0 fully saturated rings. The lowest BCUT2D eigenvalue weighted by Crippen LogP contribution is -2.14. The number of nitrogens with zero attached hydrogens (tertiary/aromatic N) is 2. The fourth-order valence-corrected chi connectivity index (χ4v) is 1.72. The van der Waals surface area contributed by atoms with Gasteiger partial charge < -0.3 is 5.73 Å². The van der Waals surface area contributed by atoms with E-state index in [0.29, 0.717) is 5.82 Å². The highest BCUT2D eigenvalue weighted by Crippen LogP contribution is 2.29. The van der Waals surface area contributed by atoms with Gasteiger partial charge in [0, 0.05) is 28.6 Å². The fourth-order valence-electron chi connectivity index (χ4n) is 1.72. The van der Waals surface area contributed by atoms with Crippen molar-refractivity contribution in [1.82, 2.24) is 9.97 Å². The highest BCUT2D eigenvalue weighted by atomic mass is 14.8. The molecule has 0 aliphatic carbocycles. The first-order valence-corrected chi connectivity index (χ1v) is 5.00. The third kappa shape index (κ3) is 1.65. The van der Waals surface area contributed by atoms with Crippen molar-refractivity contribution in [3.05, 3.63) is 30.2 Å². The second-order valence-corrected chi connectivity index (χ2v) is 4.70. The first kappa shape index (κ1) is 9.90. The van der Waals surface area contributed by atoms with Crippen molar-refractivity contribution >= 4 is 16.6 Å². The van der Waals surface area contributed by atoms with Gasteiger partial charge in [-0.15, -0.1) is 0 Å². The average molecular weight is 201 g/mol. The number of nitrogens with two attached hydrogens (primary N) is 1. The predicted molar refractivity (Wildman–Crippen MR) is 62.7 cm³/mol. The van der Waals surface area contributed by atoms with E-state index in [0.717, 1.165) is 16.5 Å². The summed E-state index contributed by atoms with van der Waals surface area (Å²) in [6.07, 6.45) is 3.52. The maximum absolute atomic E-state index is 5.83. The van der Waals surface area contributed by atoms with Gasteiger partial charge >= 0.3 is 0 Å². The van der Waals surface area contributed by atoms with E-state index >= 15 is 0 Å². The molecule has 0 aromatic carbocycles. The standard InChI is InChI=1S/C12H15N3/c1-12(2,3)10-8-4-7-15-11(13)9(8)5-6-14-10/h4-7H,1-3H3,(H2,13,15). The molecular formula is C12H15N3. The van der Waals surface area contributed by atoms with Gasteiger partial charge in [-0.3, -0.25) is 4.98 Å². The number of anilines is 1. The van der Waals surface area contributed by atoms with Crippen LogP contribution in [-0.4, -0.2) is 9.97 Å². The second kappa shape index (κ2) is 3.19. The smallest absolute Gasteiger partial charge is 0.131 e. The highest BCUT2D eigenvalue weighted by Gasteiger charge is 2.18. The third-order valence-electron chi connectivity index (χ3n) is 2.43. The minimum Gasteiger partial charge on any atom is -0.383 e. The molecule has 78 valence electrons. The summed E-state index contributed by atoms with van der Waals surface area (Å²) in [4.78, 5) is 8.52. The molecule has 0 atom stereocenters. The van der Waals surface area contributed by atoms with Crippen LogP contribution >= 0.6 is 0 Å². The molecule has 0 spiro atoms. The molecule has 2 N–H and O–H groups in total. The zero-order valence-electron chi connectivity index (χ0n) is 9.28. The SMILES string of the molecule is CC(C)(C)c1nccc2c(N)nccc12. The Bertz CT molecular complexity index is 498. The Hall–Kier alpha value is -1.64. The van der Waals surface area contributed by atoms with Gasteiger partial charge in [0.2, 0.25) is 0 Å². The molecule has 0 amide bonds. The number of hydrogen-bond acceptors (Lipinski definition) is 3. The van der Waals surface area contributed by atoms with E-state index in [-0.39, 0.29) is 5.41 Å². The summed E-state index contributed by atoms with van der Waals surface area (Å²) in [6.45, 7) is 6.43. The van der Waals surface area contributed by atoms with Crippen LogP contribution < -0.4 is 5.73 Å². The van der Waals surface area contributed by atoms with Crippen molar-refractivity contribution in [3.8, 4) is 0 Å². The molecule has 0 bridgehead atoms. The number of pyridine rings is 2. The molecule has 2 rings (SSSR count). The van der Waals surface area contributed by atoms with E-state index in [9.17, 15) is 0 Å². The highest BCUT2D eigenvalue weighted by molar-refractivity contribution is 5.92. The summed E-state index contributed by atoms with van der Waals surface area (Å²) in [5.74, 6) is 0.570. The van der Waals surface area contributed by atoms with E-state index in [1.165, 1.54) is 0 Å². The van der Waals surface area contributed by atoms with Gasteiger partial charge in [0.1, 0.15) is 5.82 Å². The fraction of sp³-hybridized carbons (Fsp3) is 0.333. The summed E-state index contributed by atoms with van der Waals surface area (Å²) in [6, 6.07) is 3.88. The lowest BCUT2D eigenvalue weighted by Gasteiger charge is -2.19. The maximum atomic E-state index is 5.83. The van der Waals surface area contributed by atoms with Crippen LogP contribution in [0.15, 0.2) is 24.5 Å². The molecule has 0 unspecified atom stereocenters. The van der Waals surface area contributed by atoms with Crippen LogP contribution in [0.4, 0.5) is 5.82 Å². The molecule has 3 nitrogen and oxygen atoms in total. The van der Waals surface area contributed by atoms with Gasteiger partial charge in [0.05, 0.1) is 5.69 Å². The summed E-state index contributed by atoms with van der Waals surface area (Å²) >= 11 is 0. The summed E-state index contributed by atoms with van der Waals surface area (Å²) in [5, 5.41) is 2.08. The molecule has 2 aromatic heterocycles. The molecule has 0 aliphatic rings. The molecule has 0 radical (unpaired) electrons. The van der Waals surface area contributed by atoms with E-state index in [1.807, 2.05) is 12.1 Å². The minimum absolute atomic E-state index is 0.0211. The zero-order chi connectivity index (χ0) is 11.1. The topological polar surface area (TPSA) is 51.8 Å². The monoisotopic (exact) mass is 201 g/mol. The van der Waals surface area contributed by atoms with Gasteiger partial charge in [0.15, 0.2) is 0 Å². The Morgan fingerprint density at radius 1 is 1.00 bits per heavy atom. The van der Waals surface area contributed by atoms with Crippen LogP contribution in [0.1, 0.15) is 26.5 Å². The van der Waals surface area contributed by atoms with Crippen LogP contribution in [0.2, 0.25) is 0 Å². The van der Waals surface area contributed by atoms with E-state index in [2.05, 4.69) is 30.7 Å². The molecule has 15 heavy (non-hydrogen) atoms. The largest absolute Gasteiger partial charge is 0.383 e. The first-order valence-electron chi connectivity index (χ1n) is 5.00. The quantitative estimate of drug-likeness (QED) is 0.712. The van der Waals surface area contributed by atoms with Crippen LogP contribution in [0.3, 0.4) is 0 Å². The predicted octanol–water partition coefficient (Wildman–Crippen LogP) is 2.51. The van der Waals surface area contributed by atoms with Crippen molar-refractivity contribution in [1.29, 1.82) is 0 Å². The van der Waals surface area contributed by atoms with Crippen LogP contribution in [0.5, 0.6) is 0 Å². The Kier molecular flexibility index (Phi) is 2.11. The van der Waals surface area contributed by atoms with Crippen molar-refractivity contribution in [2.75, 3.05) is 5.73 Å². The second-order valence-electron chi connectivity index (χ2n) is 4.70. The number of nitrogen functional groups attached to an aromatic ring is 1. The van der Waals surface area contributed by atoms with Gasteiger partial charge in [-0.05, 0) is 12.1 Å². The zero-order valence-corrected chi connectivity index (χ0v) is 9.28. The van der Waals surface area contributed by atoms with Crippen LogP contribution in [-0.2, 0) is 5.41 Å². The maximum Gasteiger partial charge on any atom is 0.131 e. The summed E-state index contributed by atoms with van der Waals surface area (Å²) in [7, 11) is 0. The summed E-state index contributed by atoms with van der Waals surface area (Å²) < 4.78 is 0. The molecular weight excluding hydrogens is 186 g/mol. The third-order valence-corrected chi connectivity index (χ3v) is 2.43. The number of fused-ring (bicyclic) bond motifs is 1. The Morgan fingerprint density at radius 2 is 1.60 bits per heavy atom. The number of rotatable bonds is 0. The molecule has 0 saturated heterocycles. The van der Waals surface area contributed by atoms with Crippen molar-refractivity contribution < 1.29 is 0 Å². The molecule has 3 heteroatoms. The Balaban J connectivity index is 2.83. The van der Waals surface area contributed by atoms with Gasteiger partial charge in [-0.1, -0.05) is 20.8 Å². The van der Waals surface area contributed by atoms with Crippen molar-refractivity contribution in [3.63, 3.8) is 0 Å². The Morgan fingerprint density at radius 3 is 2.27 bits per heavy atom.